The minimum absolute atomic E-state index is 0.0779. The van der Waals surface area contributed by atoms with E-state index in [2.05, 4.69) is 57.9 Å². The number of nitrogens with zero attached hydrogens (tertiary/aromatic N) is 2. The molecule has 0 aliphatic carbocycles. The number of hydrogen-bond acceptors (Lipinski definition) is 3. The Labute approximate surface area is 118 Å². The van der Waals surface area contributed by atoms with Crippen molar-refractivity contribution < 1.29 is 0 Å². The first-order chi connectivity index (χ1) is 8.58. The summed E-state index contributed by atoms with van der Waals surface area (Å²) in [4.78, 5) is 4.86. The summed E-state index contributed by atoms with van der Waals surface area (Å²) in [6, 6.07) is 6.49. The van der Waals surface area contributed by atoms with Crippen LogP contribution in [0.1, 0.15) is 24.9 Å². The fourth-order valence-electron chi connectivity index (χ4n) is 2.46. The zero-order chi connectivity index (χ0) is 13.1. The van der Waals surface area contributed by atoms with Crippen molar-refractivity contribution in [2.75, 3.05) is 38.1 Å². The molecule has 3 nitrogen and oxygen atoms in total. The maximum Gasteiger partial charge on any atom is 0.0426 e. The van der Waals surface area contributed by atoms with E-state index in [9.17, 15) is 0 Å². The number of anilines is 1. The Morgan fingerprint density at radius 3 is 2.72 bits per heavy atom. The maximum atomic E-state index is 6.09. The van der Waals surface area contributed by atoms with Crippen LogP contribution < -0.4 is 10.6 Å². The van der Waals surface area contributed by atoms with E-state index in [4.69, 9.17) is 5.73 Å². The fraction of sp³-hybridized carbons (Fsp3) is 0.571. The van der Waals surface area contributed by atoms with Crippen molar-refractivity contribution in [2.24, 2.45) is 5.73 Å². The molecule has 0 amide bonds. The summed E-state index contributed by atoms with van der Waals surface area (Å²) in [5.74, 6) is 0. The Morgan fingerprint density at radius 1 is 1.22 bits per heavy atom. The predicted molar refractivity (Wildman–Crippen MR) is 81.1 cm³/mol. The normalized spacial score (nSPS) is 19.7. The highest BCUT2D eigenvalue weighted by atomic mass is 79.9. The van der Waals surface area contributed by atoms with Crippen molar-refractivity contribution in [2.45, 2.75) is 19.4 Å². The largest absolute Gasteiger partial charge is 0.370 e. The lowest BCUT2D eigenvalue weighted by molar-refractivity contribution is 0.360. The molecule has 0 radical (unpaired) electrons. The van der Waals surface area contributed by atoms with Gasteiger partial charge in [0, 0.05) is 35.8 Å². The second-order valence-corrected chi connectivity index (χ2v) is 6.05. The van der Waals surface area contributed by atoms with Gasteiger partial charge in [0.25, 0.3) is 0 Å². The maximum absolute atomic E-state index is 6.09. The number of benzene rings is 1. The molecule has 1 aromatic rings. The lowest BCUT2D eigenvalue weighted by Gasteiger charge is -2.27. The van der Waals surface area contributed by atoms with Gasteiger partial charge in [0.15, 0.2) is 0 Å². The molecule has 1 heterocycles. The van der Waals surface area contributed by atoms with Gasteiger partial charge in [0.1, 0.15) is 0 Å². The Bertz CT molecular complexity index is 406. The molecule has 0 aromatic heterocycles. The lowest BCUT2D eigenvalue weighted by atomic mass is 10.1. The highest BCUT2D eigenvalue weighted by Crippen LogP contribution is 2.29. The van der Waals surface area contributed by atoms with Gasteiger partial charge in [-0.15, -0.1) is 0 Å². The minimum atomic E-state index is 0.0779. The Morgan fingerprint density at radius 2 is 2.00 bits per heavy atom. The number of halogens is 1. The molecule has 4 heteroatoms. The summed E-state index contributed by atoms with van der Waals surface area (Å²) in [5, 5.41) is 0. The zero-order valence-corrected chi connectivity index (χ0v) is 12.8. The first-order valence-electron chi connectivity index (χ1n) is 6.56. The third-order valence-electron chi connectivity index (χ3n) is 3.54. The first kappa shape index (κ1) is 13.8. The number of likely N-dealkylation sites (N-methyl/N-ethyl adjacent to an activating group) is 1. The van der Waals surface area contributed by atoms with E-state index in [1.54, 1.807) is 0 Å². The van der Waals surface area contributed by atoms with Crippen molar-refractivity contribution in [3.05, 3.63) is 28.2 Å². The molecule has 18 heavy (non-hydrogen) atoms. The second kappa shape index (κ2) is 6.04. The van der Waals surface area contributed by atoms with Crippen molar-refractivity contribution in [3.63, 3.8) is 0 Å². The molecule has 2 N–H and O–H groups in total. The topological polar surface area (TPSA) is 32.5 Å². The Kier molecular flexibility index (Phi) is 4.65. The highest BCUT2D eigenvalue weighted by molar-refractivity contribution is 9.10. The van der Waals surface area contributed by atoms with Crippen LogP contribution in [0.25, 0.3) is 0 Å². The van der Waals surface area contributed by atoms with Crippen LogP contribution in [0.4, 0.5) is 5.69 Å². The minimum Gasteiger partial charge on any atom is -0.370 e. The summed E-state index contributed by atoms with van der Waals surface area (Å²) in [6.07, 6.45) is 1.21. The van der Waals surface area contributed by atoms with Gasteiger partial charge in [0.2, 0.25) is 0 Å². The van der Waals surface area contributed by atoms with E-state index in [0.717, 1.165) is 24.1 Å². The molecule has 1 saturated heterocycles. The number of hydrogen-bond donors (Lipinski definition) is 1. The van der Waals surface area contributed by atoms with E-state index >= 15 is 0 Å². The van der Waals surface area contributed by atoms with Crippen molar-refractivity contribution in [1.82, 2.24) is 4.90 Å². The summed E-state index contributed by atoms with van der Waals surface area (Å²) < 4.78 is 1.12. The van der Waals surface area contributed by atoms with Crippen molar-refractivity contribution >= 4 is 21.6 Å². The van der Waals surface area contributed by atoms with Crippen LogP contribution in [0.3, 0.4) is 0 Å². The molecular weight excluding hydrogens is 290 g/mol. The summed E-state index contributed by atoms with van der Waals surface area (Å²) in [5.41, 5.74) is 8.61. The van der Waals surface area contributed by atoms with Crippen molar-refractivity contribution in [3.8, 4) is 0 Å². The molecule has 0 saturated carbocycles. The molecule has 1 aliphatic rings. The van der Waals surface area contributed by atoms with Gasteiger partial charge < -0.3 is 15.5 Å². The molecular formula is C14H22BrN3. The summed E-state index contributed by atoms with van der Waals surface area (Å²) >= 11 is 3.57. The Balaban J connectivity index is 2.27. The van der Waals surface area contributed by atoms with Crippen LogP contribution in [-0.2, 0) is 0 Å². The quantitative estimate of drug-likeness (QED) is 0.911. The van der Waals surface area contributed by atoms with Crippen LogP contribution in [0.2, 0.25) is 0 Å². The number of nitrogens with two attached hydrogens (primary N) is 1. The average molecular weight is 312 g/mol. The van der Waals surface area contributed by atoms with Gasteiger partial charge in [0.05, 0.1) is 0 Å². The highest BCUT2D eigenvalue weighted by Gasteiger charge is 2.17. The van der Waals surface area contributed by atoms with Gasteiger partial charge >= 0.3 is 0 Å². The molecule has 1 unspecified atom stereocenters. The SMILES string of the molecule is CC(N)c1ccc(Br)cc1N1CCCN(C)CC1. The van der Waals surface area contributed by atoms with Crippen LogP contribution in [-0.4, -0.2) is 38.1 Å². The van der Waals surface area contributed by atoms with E-state index in [-0.39, 0.29) is 6.04 Å². The van der Waals surface area contributed by atoms with E-state index in [1.165, 1.54) is 24.2 Å². The van der Waals surface area contributed by atoms with Crippen LogP contribution in [0.5, 0.6) is 0 Å². The standard InChI is InChI=1S/C14H22BrN3/c1-11(16)13-5-4-12(15)10-14(13)18-7-3-6-17(2)8-9-18/h4-5,10-11H,3,6-9,16H2,1-2H3. The molecule has 1 atom stereocenters. The summed E-state index contributed by atoms with van der Waals surface area (Å²) in [7, 11) is 2.19. The average Bonchev–Trinajstić information content (AvgIpc) is 2.53. The van der Waals surface area contributed by atoms with Crippen LogP contribution in [0, 0.1) is 0 Å². The lowest BCUT2D eigenvalue weighted by Crippen LogP contribution is -2.30. The third kappa shape index (κ3) is 3.25. The smallest absolute Gasteiger partial charge is 0.0426 e. The molecule has 2 rings (SSSR count). The van der Waals surface area contributed by atoms with E-state index in [0.29, 0.717) is 0 Å². The van der Waals surface area contributed by atoms with E-state index < -0.39 is 0 Å². The van der Waals surface area contributed by atoms with Crippen molar-refractivity contribution in [1.29, 1.82) is 0 Å². The molecule has 1 fully saturated rings. The van der Waals surface area contributed by atoms with Gasteiger partial charge in [-0.05, 0) is 44.6 Å². The summed E-state index contributed by atoms with van der Waals surface area (Å²) in [6.45, 7) is 6.53. The molecule has 1 aliphatic heterocycles. The Hall–Kier alpha value is -0.580. The van der Waals surface area contributed by atoms with Crippen LogP contribution in [0.15, 0.2) is 22.7 Å². The van der Waals surface area contributed by atoms with Gasteiger partial charge in [-0.3, -0.25) is 0 Å². The van der Waals surface area contributed by atoms with Gasteiger partial charge in [-0.1, -0.05) is 22.0 Å². The number of rotatable bonds is 2. The van der Waals surface area contributed by atoms with Gasteiger partial charge in [-0.2, -0.15) is 0 Å². The molecule has 0 spiro atoms. The predicted octanol–water partition coefficient (Wildman–Crippen LogP) is 2.61. The molecule has 1 aromatic carbocycles. The zero-order valence-electron chi connectivity index (χ0n) is 11.2. The van der Waals surface area contributed by atoms with E-state index in [1.807, 2.05) is 0 Å². The molecule has 100 valence electrons. The van der Waals surface area contributed by atoms with Gasteiger partial charge in [-0.25, -0.2) is 0 Å². The third-order valence-corrected chi connectivity index (χ3v) is 4.04. The fourth-order valence-corrected chi connectivity index (χ4v) is 2.81. The molecule has 0 bridgehead atoms. The monoisotopic (exact) mass is 311 g/mol. The van der Waals surface area contributed by atoms with Crippen LogP contribution >= 0.6 is 15.9 Å². The first-order valence-corrected chi connectivity index (χ1v) is 7.36. The second-order valence-electron chi connectivity index (χ2n) is 5.14.